The van der Waals surface area contributed by atoms with Gasteiger partial charge in [-0.1, -0.05) is 61.2 Å². The van der Waals surface area contributed by atoms with E-state index in [1.54, 1.807) is 6.21 Å². The van der Waals surface area contributed by atoms with Gasteiger partial charge in [-0.25, -0.2) is 4.79 Å². The van der Waals surface area contributed by atoms with Crippen LogP contribution in [0.25, 0.3) is 22.2 Å². The summed E-state index contributed by atoms with van der Waals surface area (Å²) in [5.41, 5.74) is 2.60. The first-order chi connectivity index (χ1) is 15.7. The summed E-state index contributed by atoms with van der Waals surface area (Å²) >= 11 is 7.45. The Kier molecular flexibility index (Phi) is 6.06. The molecule has 4 aromatic rings. The molecular formula is C25H22ClN3O2S. The summed E-state index contributed by atoms with van der Waals surface area (Å²) < 4.78 is 7.80. The van der Waals surface area contributed by atoms with Crippen LogP contribution < -0.4 is 10.4 Å². The minimum atomic E-state index is -0.331. The van der Waals surface area contributed by atoms with Crippen LogP contribution in [0.5, 0.6) is 0 Å². The molecule has 0 aliphatic heterocycles. The van der Waals surface area contributed by atoms with Gasteiger partial charge in [-0.2, -0.15) is 5.10 Å². The van der Waals surface area contributed by atoms with Gasteiger partial charge in [-0.05, 0) is 42.7 Å². The van der Waals surface area contributed by atoms with Gasteiger partial charge in [0.1, 0.15) is 5.58 Å². The molecule has 162 valence electrons. The minimum absolute atomic E-state index is 0.292. The number of aromatic nitrogens is 1. The quantitative estimate of drug-likeness (QED) is 0.199. The van der Waals surface area contributed by atoms with E-state index in [0.29, 0.717) is 22.2 Å². The number of para-hydroxylation sites is 1. The van der Waals surface area contributed by atoms with Crippen molar-refractivity contribution in [2.24, 2.45) is 10.2 Å². The van der Waals surface area contributed by atoms with E-state index in [-0.39, 0.29) is 5.63 Å². The molecule has 0 atom stereocenters. The predicted octanol–water partition coefficient (Wildman–Crippen LogP) is 6.42. The Labute approximate surface area is 194 Å². The Morgan fingerprint density at radius 2 is 1.84 bits per heavy atom. The molecule has 5 rings (SSSR count). The molecule has 1 aliphatic rings. The van der Waals surface area contributed by atoms with Crippen molar-refractivity contribution in [1.82, 2.24) is 4.57 Å². The van der Waals surface area contributed by atoms with Crippen LogP contribution in [0.4, 0.5) is 0 Å². The lowest BCUT2D eigenvalue weighted by Gasteiger charge is -2.24. The van der Waals surface area contributed by atoms with Gasteiger partial charge in [-0.3, -0.25) is 0 Å². The molecule has 0 unspecified atom stereocenters. The average molecular weight is 464 g/mol. The zero-order valence-electron chi connectivity index (χ0n) is 17.4. The smallest absolute Gasteiger partial charge is 0.345 e. The Hall–Kier alpha value is -2.96. The summed E-state index contributed by atoms with van der Waals surface area (Å²) in [5, 5.41) is 12.4. The van der Waals surface area contributed by atoms with Gasteiger partial charge in [0.15, 0.2) is 0 Å². The molecule has 0 amide bonds. The maximum atomic E-state index is 12.9. The normalized spacial score (nSPS) is 15.7. The van der Waals surface area contributed by atoms with Crippen molar-refractivity contribution in [2.75, 3.05) is 0 Å². The Morgan fingerprint density at radius 1 is 1.06 bits per heavy atom. The van der Waals surface area contributed by atoms with Crippen LogP contribution in [-0.2, 0) is 0 Å². The van der Waals surface area contributed by atoms with E-state index < -0.39 is 0 Å². The summed E-state index contributed by atoms with van der Waals surface area (Å²) in [7, 11) is 0. The number of fused-ring (bicyclic) bond motifs is 1. The van der Waals surface area contributed by atoms with E-state index in [0.717, 1.165) is 34.3 Å². The second-order valence-corrected chi connectivity index (χ2v) is 9.22. The average Bonchev–Trinajstić information content (AvgIpc) is 3.24. The van der Waals surface area contributed by atoms with E-state index in [9.17, 15) is 4.79 Å². The van der Waals surface area contributed by atoms with Crippen molar-refractivity contribution in [3.63, 3.8) is 0 Å². The van der Waals surface area contributed by atoms with E-state index in [2.05, 4.69) is 14.8 Å². The first kappa shape index (κ1) is 20.9. The zero-order chi connectivity index (χ0) is 21.9. The van der Waals surface area contributed by atoms with Crippen molar-refractivity contribution in [1.29, 1.82) is 0 Å². The second-order valence-electron chi connectivity index (χ2n) is 7.95. The van der Waals surface area contributed by atoms with Crippen LogP contribution in [0, 0.1) is 0 Å². The fourth-order valence-corrected chi connectivity index (χ4v) is 5.26. The molecule has 0 saturated heterocycles. The highest BCUT2D eigenvalue weighted by atomic mass is 35.5. The fourth-order valence-electron chi connectivity index (χ4n) is 4.22. The maximum absolute atomic E-state index is 12.9. The molecule has 2 heterocycles. The molecule has 0 radical (unpaired) electrons. The molecule has 0 spiro atoms. The first-order valence-electron chi connectivity index (χ1n) is 10.7. The van der Waals surface area contributed by atoms with E-state index in [1.165, 1.54) is 30.6 Å². The lowest BCUT2D eigenvalue weighted by atomic mass is 9.95. The van der Waals surface area contributed by atoms with Crippen molar-refractivity contribution in [3.8, 4) is 11.3 Å². The molecule has 1 fully saturated rings. The molecule has 2 aromatic heterocycles. The number of hydrogen-bond acceptors (Lipinski definition) is 5. The fraction of sp³-hybridized carbons (Fsp3) is 0.240. The summed E-state index contributed by atoms with van der Waals surface area (Å²) in [6.45, 7) is 0. The SMILES string of the molecule is O=c1oc2ccccc2cc1-c1cs/c(=N/N=C/c2ccc(Cl)cc2)n1C1CCCCC1. The van der Waals surface area contributed by atoms with Gasteiger partial charge in [0.05, 0.1) is 17.5 Å². The molecule has 2 aromatic carbocycles. The van der Waals surface area contributed by atoms with Crippen LogP contribution in [0.3, 0.4) is 0 Å². The molecule has 32 heavy (non-hydrogen) atoms. The standard InChI is InChI=1S/C25H22ClN3O2S/c26-19-12-10-17(11-13-19)15-27-28-25-29(20-7-2-1-3-8-20)22(16-32-25)21-14-18-6-4-5-9-23(18)31-24(21)30/h4-6,9-16,20H,1-3,7-8H2/b27-15+,28-25+. The van der Waals surface area contributed by atoms with E-state index in [4.69, 9.17) is 16.0 Å². The van der Waals surface area contributed by atoms with Crippen molar-refractivity contribution < 1.29 is 4.42 Å². The number of benzene rings is 2. The van der Waals surface area contributed by atoms with Gasteiger partial charge in [0, 0.05) is 21.8 Å². The Morgan fingerprint density at radius 3 is 2.66 bits per heavy atom. The number of halogens is 1. The maximum Gasteiger partial charge on any atom is 0.345 e. The van der Waals surface area contributed by atoms with E-state index in [1.807, 2.05) is 60.0 Å². The highest BCUT2D eigenvalue weighted by Gasteiger charge is 2.22. The van der Waals surface area contributed by atoms with Crippen LogP contribution >= 0.6 is 22.9 Å². The van der Waals surface area contributed by atoms with Crippen LogP contribution in [0.15, 0.2) is 79.4 Å². The lowest BCUT2D eigenvalue weighted by molar-refractivity contribution is 0.350. The number of thiazole rings is 1. The first-order valence-corrected chi connectivity index (χ1v) is 12.0. The summed E-state index contributed by atoms with van der Waals surface area (Å²) in [6.07, 6.45) is 7.44. The largest absolute Gasteiger partial charge is 0.422 e. The lowest BCUT2D eigenvalue weighted by Crippen LogP contribution is -2.24. The molecule has 5 nitrogen and oxygen atoms in total. The van der Waals surface area contributed by atoms with Crippen LogP contribution in [-0.4, -0.2) is 10.8 Å². The number of hydrogen-bond donors (Lipinski definition) is 0. The number of rotatable bonds is 4. The summed E-state index contributed by atoms with van der Waals surface area (Å²) in [5.74, 6) is 0. The predicted molar refractivity (Wildman–Crippen MR) is 131 cm³/mol. The van der Waals surface area contributed by atoms with Gasteiger partial charge in [-0.15, -0.1) is 16.4 Å². The van der Waals surface area contributed by atoms with Crippen molar-refractivity contribution in [3.05, 3.63) is 85.8 Å². The zero-order valence-corrected chi connectivity index (χ0v) is 19.0. The van der Waals surface area contributed by atoms with Crippen molar-refractivity contribution >= 4 is 40.1 Å². The molecular weight excluding hydrogens is 442 g/mol. The summed E-state index contributed by atoms with van der Waals surface area (Å²) in [4.78, 5) is 13.6. The minimum Gasteiger partial charge on any atom is -0.422 e. The third-order valence-electron chi connectivity index (χ3n) is 5.82. The third-order valence-corrected chi connectivity index (χ3v) is 6.90. The van der Waals surface area contributed by atoms with Gasteiger partial charge in [0.2, 0.25) is 4.80 Å². The molecule has 1 saturated carbocycles. The van der Waals surface area contributed by atoms with Crippen LogP contribution in [0.1, 0.15) is 43.7 Å². The van der Waals surface area contributed by atoms with Crippen molar-refractivity contribution in [2.45, 2.75) is 38.1 Å². The topological polar surface area (TPSA) is 59.9 Å². The highest BCUT2D eigenvalue weighted by Crippen LogP contribution is 2.32. The Balaban J connectivity index is 1.61. The summed E-state index contributed by atoms with van der Waals surface area (Å²) in [6, 6.07) is 17.3. The molecule has 0 bridgehead atoms. The monoisotopic (exact) mass is 463 g/mol. The highest BCUT2D eigenvalue weighted by molar-refractivity contribution is 7.07. The van der Waals surface area contributed by atoms with Gasteiger partial charge >= 0.3 is 5.63 Å². The second kappa shape index (κ2) is 9.27. The molecule has 0 N–H and O–H groups in total. The number of nitrogens with zero attached hydrogens (tertiary/aromatic N) is 3. The van der Waals surface area contributed by atoms with Gasteiger partial charge in [0.25, 0.3) is 0 Å². The van der Waals surface area contributed by atoms with Gasteiger partial charge < -0.3 is 8.98 Å². The van der Waals surface area contributed by atoms with E-state index >= 15 is 0 Å². The third kappa shape index (κ3) is 4.33. The molecule has 7 heteroatoms. The molecule has 1 aliphatic carbocycles. The van der Waals surface area contributed by atoms with Crippen LogP contribution in [0.2, 0.25) is 5.02 Å². The Bertz CT molecular complexity index is 1390.